The number of halogens is 1. The van der Waals surface area contributed by atoms with E-state index in [2.05, 4.69) is 15.5 Å². The molecule has 0 aliphatic carbocycles. The van der Waals surface area contributed by atoms with Crippen LogP contribution in [0, 0.1) is 0 Å². The van der Waals surface area contributed by atoms with Crippen LogP contribution < -0.4 is 5.32 Å². The number of hydrogen-bond acceptors (Lipinski definition) is 4. The highest BCUT2D eigenvalue weighted by Gasteiger charge is 2.33. The van der Waals surface area contributed by atoms with Gasteiger partial charge in [0.2, 0.25) is 10.0 Å². The van der Waals surface area contributed by atoms with Crippen molar-refractivity contribution < 1.29 is 13.2 Å². The molecule has 1 aromatic heterocycles. The van der Waals surface area contributed by atoms with Crippen molar-refractivity contribution in [1.82, 2.24) is 14.5 Å². The summed E-state index contributed by atoms with van der Waals surface area (Å²) in [5, 5.41) is 10.1. The van der Waals surface area contributed by atoms with Crippen molar-refractivity contribution in [3.05, 3.63) is 82.0 Å². The molecule has 0 bridgehead atoms. The Morgan fingerprint density at radius 1 is 1.14 bits per heavy atom. The van der Waals surface area contributed by atoms with Gasteiger partial charge in [0.05, 0.1) is 18.0 Å². The predicted molar refractivity (Wildman–Crippen MR) is 106 cm³/mol. The fourth-order valence-electron chi connectivity index (χ4n) is 3.10. The molecular formula is C19H17ClN4O3S. The molecule has 2 aromatic carbocycles. The van der Waals surface area contributed by atoms with E-state index >= 15 is 0 Å². The number of nitrogens with one attached hydrogen (secondary N) is 2. The van der Waals surface area contributed by atoms with Gasteiger partial charge in [0, 0.05) is 22.7 Å². The Bertz CT molecular complexity index is 1130. The average molecular weight is 417 g/mol. The Balaban J connectivity index is 1.49. The van der Waals surface area contributed by atoms with E-state index in [0.717, 1.165) is 5.56 Å². The van der Waals surface area contributed by atoms with Gasteiger partial charge in [-0.25, -0.2) is 8.42 Å². The van der Waals surface area contributed by atoms with Crippen LogP contribution in [0.1, 0.15) is 27.2 Å². The lowest BCUT2D eigenvalue weighted by atomic mass is 10.2. The van der Waals surface area contributed by atoms with Crippen LogP contribution in [0.3, 0.4) is 0 Å². The molecule has 144 valence electrons. The summed E-state index contributed by atoms with van der Waals surface area (Å²) in [6.45, 7) is 0.358. The maximum Gasteiger partial charge on any atom is 0.256 e. The zero-order valence-corrected chi connectivity index (χ0v) is 16.3. The summed E-state index contributed by atoms with van der Waals surface area (Å²) in [6, 6.07) is 15.6. The zero-order valence-electron chi connectivity index (χ0n) is 14.7. The topological polar surface area (TPSA) is 95.2 Å². The molecule has 9 heteroatoms. The molecule has 3 aromatic rings. The summed E-state index contributed by atoms with van der Waals surface area (Å²) in [7, 11) is -3.50. The normalized spacial score (nSPS) is 14.0. The largest absolute Gasteiger partial charge is 0.305 e. The maximum atomic E-state index is 12.8. The van der Waals surface area contributed by atoms with Crippen LogP contribution in [0.5, 0.6) is 0 Å². The van der Waals surface area contributed by atoms with Gasteiger partial charge in [-0.05, 0) is 23.8 Å². The first-order chi connectivity index (χ1) is 13.4. The van der Waals surface area contributed by atoms with Gasteiger partial charge >= 0.3 is 0 Å². The molecule has 7 nitrogen and oxygen atoms in total. The van der Waals surface area contributed by atoms with Crippen LogP contribution in [0.15, 0.2) is 54.6 Å². The molecule has 1 aliphatic heterocycles. The lowest BCUT2D eigenvalue weighted by molar-refractivity contribution is 0.102. The highest BCUT2D eigenvalue weighted by atomic mass is 35.5. The summed E-state index contributed by atoms with van der Waals surface area (Å²) in [4.78, 5) is 12.4. The Morgan fingerprint density at radius 2 is 1.93 bits per heavy atom. The van der Waals surface area contributed by atoms with E-state index in [-0.39, 0.29) is 24.7 Å². The summed E-state index contributed by atoms with van der Waals surface area (Å²) in [6.07, 6.45) is 0. The monoisotopic (exact) mass is 416 g/mol. The molecule has 1 aliphatic rings. The highest BCUT2D eigenvalue weighted by molar-refractivity contribution is 7.88. The summed E-state index contributed by atoms with van der Waals surface area (Å²) >= 11 is 5.93. The first-order valence-corrected chi connectivity index (χ1v) is 10.6. The number of anilines is 1. The average Bonchev–Trinajstić information content (AvgIpc) is 3.25. The number of carbonyl (C=O) groups is 1. The van der Waals surface area contributed by atoms with E-state index < -0.39 is 10.0 Å². The molecule has 0 radical (unpaired) electrons. The predicted octanol–water partition coefficient (Wildman–Crippen LogP) is 3.16. The van der Waals surface area contributed by atoms with Gasteiger partial charge in [0.15, 0.2) is 5.82 Å². The molecule has 4 rings (SSSR count). The molecule has 28 heavy (non-hydrogen) atoms. The van der Waals surface area contributed by atoms with Crippen LogP contribution in [0.4, 0.5) is 5.82 Å². The van der Waals surface area contributed by atoms with Gasteiger partial charge in [0.25, 0.3) is 5.91 Å². The van der Waals surface area contributed by atoms with Crippen molar-refractivity contribution in [2.45, 2.75) is 18.8 Å². The van der Waals surface area contributed by atoms with Crippen molar-refractivity contribution in [1.29, 1.82) is 0 Å². The Morgan fingerprint density at radius 3 is 2.68 bits per heavy atom. The summed E-state index contributed by atoms with van der Waals surface area (Å²) in [5.74, 6) is -0.102. The maximum absolute atomic E-state index is 12.8. The van der Waals surface area contributed by atoms with Crippen LogP contribution in [0.25, 0.3) is 0 Å². The number of aromatic nitrogens is 2. The number of carbonyl (C=O) groups excluding carboxylic acids is 1. The van der Waals surface area contributed by atoms with Gasteiger partial charge in [-0.15, -0.1) is 0 Å². The lowest BCUT2D eigenvalue weighted by Gasteiger charge is -2.16. The fraction of sp³-hybridized carbons (Fsp3) is 0.158. The van der Waals surface area contributed by atoms with Crippen molar-refractivity contribution >= 4 is 33.3 Å². The minimum Gasteiger partial charge on any atom is -0.305 e. The van der Waals surface area contributed by atoms with Crippen molar-refractivity contribution in [2.24, 2.45) is 0 Å². The minimum absolute atomic E-state index is 0.0737. The number of nitrogens with zero attached hydrogens (tertiary/aromatic N) is 2. The standard InChI is InChI=1S/C19H17ClN4O3S/c20-15-8-4-7-14(9-15)19(25)21-18-16-10-24(11-17(16)22-23-18)28(26,27)12-13-5-2-1-3-6-13/h1-9H,10-12H2,(H2,21,22,23,25). The van der Waals surface area contributed by atoms with E-state index in [4.69, 9.17) is 11.6 Å². The van der Waals surface area contributed by atoms with Crippen molar-refractivity contribution in [3.63, 3.8) is 0 Å². The second-order valence-corrected chi connectivity index (χ2v) is 8.91. The number of hydrogen-bond donors (Lipinski definition) is 2. The van der Waals surface area contributed by atoms with Crippen molar-refractivity contribution in [3.8, 4) is 0 Å². The van der Waals surface area contributed by atoms with Gasteiger partial charge in [-0.1, -0.05) is 48.0 Å². The van der Waals surface area contributed by atoms with Crippen LogP contribution in [-0.4, -0.2) is 28.8 Å². The minimum atomic E-state index is -3.50. The molecule has 0 atom stereocenters. The number of fused-ring (bicyclic) bond motifs is 1. The van der Waals surface area contributed by atoms with Gasteiger partial charge in [0.1, 0.15) is 0 Å². The SMILES string of the molecule is O=C(Nc1n[nH]c2c1CN(S(=O)(=O)Cc1ccccc1)C2)c1cccc(Cl)c1. The molecule has 0 unspecified atom stereocenters. The third-order valence-corrected chi connectivity index (χ3v) is 6.50. The van der Waals surface area contributed by atoms with Crippen molar-refractivity contribution in [2.75, 3.05) is 5.32 Å². The quantitative estimate of drug-likeness (QED) is 0.667. The summed E-state index contributed by atoms with van der Waals surface area (Å²) < 4.78 is 26.9. The number of aromatic amines is 1. The van der Waals surface area contributed by atoms with Crippen LogP contribution >= 0.6 is 11.6 Å². The lowest BCUT2D eigenvalue weighted by Crippen LogP contribution is -2.27. The Labute approximate surface area is 167 Å². The van der Waals surface area contributed by atoms with Crippen LogP contribution in [-0.2, 0) is 28.9 Å². The zero-order chi connectivity index (χ0) is 19.7. The van der Waals surface area contributed by atoms with Gasteiger partial charge in [-0.3, -0.25) is 9.89 Å². The Hall–Kier alpha value is -2.68. The third-order valence-electron chi connectivity index (χ3n) is 4.53. The number of rotatable bonds is 5. The molecule has 0 saturated carbocycles. The highest BCUT2D eigenvalue weighted by Crippen LogP contribution is 2.30. The second-order valence-electron chi connectivity index (χ2n) is 6.50. The molecule has 1 amide bonds. The van der Waals surface area contributed by atoms with E-state index in [0.29, 0.717) is 27.7 Å². The van der Waals surface area contributed by atoms with Crippen LogP contribution in [0.2, 0.25) is 5.02 Å². The van der Waals surface area contributed by atoms with E-state index in [9.17, 15) is 13.2 Å². The van der Waals surface area contributed by atoms with Gasteiger partial charge < -0.3 is 5.32 Å². The second kappa shape index (κ2) is 7.38. The molecule has 2 N–H and O–H groups in total. The van der Waals surface area contributed by atoms with Gasteiger partial charge in [-0.2, -0.15) is 9.40 Å². The molecule has 0 fully saturated rings. The summed E-state index contributed by atoms with van der Waals surface area (Å²) in [5.41, 5.74) is 2.48. The molecule has 2 heterocycles. The number of benzene rings is 2. The van der Waals surface area contributed by atoms with E-state index in [1.165, 1.54) is 4.31 Å². The first kappa shape index (κ1) is 18.7. The molecule has 0 spiro atoms. The number of H-pyrrole nitrogens is 1. The fourth-order valence-corrected chi connectivity index (χ4v) is 4.73. The molecular weight excluding hydrogens is 400 g/mol. The molecule has 0 saturated heterocycles. The number of sulfonamides is 1. The first-order valence-electron chi connectivity index (χ1n) is 8.57. The number of amides is 1. The van der Waals surface area contributed by atoms with E-state index in [1.807, 2.05) is 18.2 Å². The Kier molecular flexibility index (Phi) is 4.92. The third kappa shape index (κ3) is 3.80. The van der Waals surface area contributed by atoms with E-state index in [1.54, 1.807) is 36.4 Å². The smallest absolute Gasteiger partial charge is 0.256 e.